The van der Waals surface area contributed by atoms with Crippen molar-refractivity contribution in [2.24, 2.45) is 0 Å². The summed E-state index contributed by atoms with van der Waals surface area (Å²) in [5, 5.41) is 3.04. The monoisotopic (exact) mass is 389 g/mol. The molecule has 4 rings (SSSR count). The minimum Gasteiger partial charge on any atom is -0.489 e. The van der Waals surface area contributed by atoms with E-state index in [2.05, 4.69) is 24.9 Å². The average Bonchev–Trinajstić information content (AvgIpc) is 3.08. The van der Waals surface area contributed by atoms with Crippen LogP contribution in [-0.4, -0.2) is 16.2 Å². The summed E-state index contributed by atoms with van der Waals surface area (Å²) in [5.74, 6) is 0.489. The summed E-state index contributed by atoms with van der Waals surface area (Å²) in [5.41, 5.74) is 3.77. The molecule has 0 aliphatic heterocycles. The first-order chi connectivity index (χ1) is 14.2. The van der Waals surface area contributed by atoms with Gasteiger partial charge in [-0.05, 0) is 48.7 Å². The van der Waals surface area contributed by atoms with Crippen LogP contribution in [-0.2, 0) is 6.61 Å². The van der Waals surface area contributed by atoms with Crippen molar-refractivity contribution in [1.82, 2.24) is 9.66 Å². The predicted molar refractivity (Wildman–Crippen MR) is 115 cm³/mol. The van der Waals surface area contributed by atoms with Gasteiger partial charge in [0.1, 0.15) is 12.4 Å². The standard InChI is InChI=1S/C24H24FN3O/c1-3-13-27(24-11-12-26-15-22(24)25)28-16-18(2)21-14-20(9-10-23(21)28)29-17-19-7-5-4-6-8-19/h4-12,14-16H,3,13,17H2,1-2H3. The second kappa shape index (κ2) is 8.35. The highest BCUT2D eigenvalue weighted by Crippen LogP contribution is 2.29. The van der Waals surface area contributed by atoms with Crippen LogP contribution in [0.25, 0.3) is 10.9 Å². The zero-order valence-electron chi connectivity index (χ0n) is 16.7. The molecule has 2 aromatic heterocycles. The second-order valence-corrected chi connectivity index (χ2v) is 7.06. The van der Waals surface area contributed by atoms with E-state index in [9.17, 15) is 4.39 Å². The van der Waals surface area contributed by atoms with Crippen LogP contribution in [0.2, 0.25) is 0 Å². The van der Waals surface area contributed by atoms with Gasteiger partial charge < -0.3 is 4.74 Å². The fourth-order valence-corrected chi connectivity index (χ4v) is 3.52. The van der Waals surface area contributed by atoms with Crippen LogP contribution in [0.1, 0.15) is 24.5 Å². The molecule has 0 N–H and O–H groups in total. The van der Waals surface area contributed by atoms with Crippen molar-refractivity contribution in [2.75, 3.05) is 11.6 Å². The lowest BCUT2D eigenvalue weighted by molar-refractivity contribution is 0.306. The molecule has 0 amide bonds. The Hall–Kier alpha value is -3.34. The van der Waals surface area contributed by atoms with Gasteiger partial charge >= 0.3 is 0 Å². The molecule has 0 saturated carbocycles. The highest BCUT2D eigenvalue weighted by molar-refractivity contribution is 5.86. The highest BCUT2D eigenvalue weighted by atomic mass is 19.1. The Bertz CT molecular complexity index is 1110. The lowest BCUT2D eigenvalue weighted by Gasteiger charge is -2.26. The van der Waals surface area contributed by atoms with Gasteiger partial charge in [-0.1, -0.05) is 37.3 Å². The predicted octanol–water partition coefficient (Wildman–Crippen LogP) is 5.74. The number of fused-ring (bicyclic) bond motifs is 1. The third kappa shape index (κ3) is 3.94. The first-order valence-electron chi connectivity index (χ1n) is 9.83. The molecule has 0 aliphatic rings. The van der Waals surface area contributed by atoms with Gasteiger partial charge in [-0.15, -0.1) is 0 Å². The SMILES string of the molecule is CCCN(c1ccncc1F)n1cc(C)c2cc(OCc3ccccc3)ccc21. The molecule has 0 fully saturated rings. The van der Waals surface area contributed by atoms with Crippen molar-refractivity contribution in [3.05, 3.63) is 90.1 Å². The van der Waals surface area contributed by atoms with E-state index in [1.807, 2.05) is 58.3 Å². The van der Waals surface area contributed by atoms with Crippen molar-refractivity contribution in [1.29, 1.82) is 0 Å². The number of anilines is 1. The molecule has 0 unspecified atom stereocenters. The third-order valence-electron chi connectivity index (χ3n) is 4.93. The zero-order valence-corrected chi connectivity index (χ0v) is 16.7. The van der Waals surface area contributed by atoms with E-state index in [0.29, 0.717) is 18.8 Å². The number of nitrogens with zero attached hydrogens (tertiary/aromatic N) is 3. The summed E-state index contributed by atoms with van der Waals surface area (Å²) in [7, 11) is 0. The number of aryl methyl sites for hydroxylation is 1. The molecule has 0 aliphatic carbocycles. The highest BCUT2D eigenvalue weighted by Gasteiger charge is 2.16. The van der Waals surface area contributed by atoms with Crippen LogP contribution in [0.15, 0.2) is 73.2 Å². The summed E-state index contributed by atoms with van der Waals surface area (Å²) in [6.45, 7) is 5.36. The van der Waals surface area contributed by atoms with E-state index in [-0.39, 0.29) is 5.82 Å². The third-order valence-corrected chi connectivity index (χ3v) is 4.93. The van der Waals surface area contributed by atoms with Gasteiger partial charge in [0, 0.05) is 24.3 Å². The fraction of sp³-hybridized carbons (Fsp3) is 0.208. The van der Waals surface area contributed by atoms with Crippen molar-refractivity contribution < 1.29 is 9.13 Å². The fourth-order valence-electron chi connectivity index (χ4n) is 3.52. The molecule has 0 saturated heterocycles. The Labute approximate surface area is 170 Å². The Kier molecular flexibility index (Phi) is 5.47. The zero-order chi connectivity index (χ0) is 20.2. The van der Waals surface area contributed by atoms with Crippen LogP contribution in [0, 0.1) is 12.7 Å². The molecule has 29 heavy (non-hydrogen) atoms. The summed E-state index contributed by atoms with van der Waals surface area (Å²) in [6.07, 6.45) is 5.81. The Morgan fingerprint density at radius 3 is 2.69 bits per heavy atom. The van der Waals surface area contributed by atoms with Crippen LogP contribution >= 0.6 is 0 Å². The summed E-state index contributed by atoms with van der Waals surface area (Å²) in [6, 6.07) is 17.9. The Morgan fingerprint density at radius 1 is 1.10 bits per heavy atom. The molecule has 0 spiro atoms. The van der Waals surface area contributed by atoms with Crippen LogP contribution in [0.5, 0.6) is 5.75 Å². The largest absolute Gasteiger partial charge is 0.489 e. The number of rotatable bonds is 7. The first kappa shape index (κ1) is 19.0. The molecule has 4 aromatic rings. The van der Waals surface area contributed by atoms with Gasteiger partial charge in [0.2, 0.25) is 0 Å². The minimum absolute atomic E-state index is 0.330. The van der Waals surface area contributed by atoms with Gasteiger partial charge in [0.25, 0.3) is 0 Å². The van der Waals surface area contributed by atoms with Crippen LogP contribution < -0.4 is 9.75 Å². The number of halogens is 1. The lowest BCUT2D eigenvalue weighted by atomic mass is 10.2. The van der Waals surface area contributed by atoms with Crippen LogP contribution in [0.4, 0.5) is 10.1 Å². The van der Waals surface area contributed by atoms with Crippen molar-refractivity contribution in [3.63, 3.8) is 0 Å². The molecule has 0 bridgehead atoms. The number of benzene rings is 2. The molecule has 0 radical (unpaired) electrons. The molecular weight excluding hydrogens is 365 g/mol. The number of hydrogen-bond acceptors (Lipinski definition) is 3. The topological polar surface area (TPSA) is 30.3 Å². The van der Waals surface area contributed by atoms with E-state index in [1.54, 1.807) is 12.3 Å². The van der Waals surface area contributed by atoms with E-state index >= 15 is 0 Å². The van der Waals surface area contributed by atoms with Crippen molar-refractivity contribution in [2.45, 2.75) is 26.9 Å². The van der Waals surface area contributed by atoms with Crippen molar-refractivity contribution in [3.8, 4) is 5.75 Å². The average molecular weight is 389 g/mol. The minimum atomic E-state index is -0.330. The summed E-state index contributed by atoms with van der Waals surface area (Å²) in [4.78, 5) is 3.88. The van der Waals surface area contributed by atoms with E-state index < -0.39 is 0 Å². The maximum absolute atomic E-state index is 14.4. The number of hydrogen-bond donors (Lipinski definition) is 0. The molecular formula is C24H24FN3O. The van der Waals surface area contributed by atoms with Gasteiger partial charge in [-0.3, -0.25) is 14.7 Å². The smallest absolute Gasteiger partial charge is 0.166 e. The number of ether oxygens (including phenoxy) is 1. The van der Waals surface area contributed by atoms with E-state index in [0.717, 1.165) is 34.2 Å². The van der Waals surface area contributed by atoms with Gasteiger partial charge in [0.15, 0.2) is 5.82 Å². The Morgan fingerprint density at radius 2 is 1.93 bits per heavy atom. The molecule has 0 atom stereocenters. The molecule has 4 nitrogen and oxygen atoms in total. The molecule has 2 aromatic carbocycles. The Balaban J connectivity index is 1.68. The maximum atomic E-state index is 14.4. The normalized spacial score (nSPS) is 11.0. The first-order valence-corrected chi connectivity index (χ1v) is 9.83. The second-order valence-electron chi connectivity index (χ2n) is 7.06. The van der Waals surface area contributed by atoms with Gasteiger partial charge in [-0.25, -0.2) is 4.39 Å². The van der Waals surface area contributed by atoms with E-state index in [4.69, 9.17) is 4.74 Å². The molecule has 2 heterocycles. The lowest BCUT2D eigenvalue weighted by Crippen LogP contribution is -2.30. The van der Waals surface area contributed by atoms with Gasteiger partial charge in [-0.2, -0.15) is 0 Å². The summed E-state index contributed by atoms with van der Waals surface area (Å²) < 4.78 is 22.5. The molecule has 5 heteroatoms. The quantitative estimate of drug-likeness (QED) is 0.404. The summed E-state index contributed by atoms with van der Waals surface area (Å²) >= 11 is 0. The number of aromatic nitrogens is 2. The maximum Gasteiger partial charge on any atom is 0.166 e. The van der Waals surface area contributed by atoms with Crippen molar-refractivity contribution >= 4 is 16.6 Å². The van der Waals surface area contributed by atoms with E-state index in [1.165, 1.54) is 6.20 Å². The van der Waals surface area contributed by atoms with Gasteiger partial charge in [0.05, 0.1) is 17.4 Å². The van der Waals surface area contributed by atoms with Crippen LogP contribution in [0.3, 0.4) is 0 Å². The number of pyridine rings is 1. The molecule has 148 valence electrons.